The summed E-state index contributed by atoms with van der Waals surface area (Å²) in [6.45, 7) is 3.98. The van der Waals surface area contributed by atoms with Crippen molar-refractivity contribution in [1.82, 2.24) is 0 Å². The third kappa shape index (κ3) is 1.91. The quantitative estimate of drug-likeness (QED) is 0.645. The highest BCUT2D eigenvalue weighted by molar-refractivity contribution is 5.65. The van der Waals surface area contributed by atoms with Gasteiger partial charge in [-0.15, -0.1) is 6.42 Å². The van der Waals surface area contributed by atoms with E-state index in [1.54, 1.807) is 6.20 Å². The summed E-state index contributed by atoms with van der Waals surface area (Å²) in [5.41, 5.74) is 9.66. The molecule has 2 N–H and O–H groups in total. The Bertz CT molecular complexity index is 381. The van der Waals surface area contributed by atoms with E-state index in [1.807, 2.05) is 32.0 Å². The fourth-order valence-corrected chi connectivity index (χ4v) is 1.17. The highest BCUT2D eigenvalue weighted by atomic mass is 14.5. The Morgan fingerprint density at radius 1 is 1.54 bits per heavy atom. The molecule has 1 rings (SSSR count). The smallest absolute Gasteiger partial charge is 0.0272 e. The normalized spacial score (nSPS) is 11.0. The third-order valence-corrected chi connectivity index (χ3v) is 2.09. The van der Waals surface area contributed by atoms with Crippen molar-refractivity contribution < 1.29 is 0 Å². The van der Waals surface area contributed by atoms with E-state index in [0.29, 0.717) is 0 Å². The zero-order valence-electron chi connectivity index (χ0n) is 7.96. The first-order valence-electron chi connectivity index (χ1n) is 4.15. The van der Waals surface area contributed by atoms with Crippen molar-refractivity contribution in [3.63, 3.8) is 0 Å². The maximum absolute atomic E-state index is 5.42. The molecule has 0 heterocycles. The Morgan fingerprint density at radius 3 is 2.69 bits per heavy atom. The van der Waals surface area contributed by atoms with E-state index in [1.165, 1.54) is 0 Å². The molecule has 0 spiro atoms. The molecule has 0 fully saturated rings. The summed E-state index contributed by atoms with van der Waals surface area (Å²) < 4.78 is 0. The molecule has 0 atom stereocenters. The average molecular weight is 171 g/mol. The van der Waals surface area contributed by atoms with Gasteiger partial charge in [0.15, 0.2) is 0 Å². The van der Waals surface area contributed by atoms with Crippen LogP contribution >= 0.6 is 0 Å². The minimum atomic E-state index is 0.938. The van der Waals surface area contributed by atoms with Crippen molar-refractivity contribution >= 4 is 5.57 Å². The van der Waals surface area contributed by atoms with Crippen LogP contribution in [0.1, 0.15) is 23.6 Å². The first-order valence-corrected chi connectivity index (χ1v) is 4.15. The van der Waals surface area contributed by atoms with Crippen LogP contribution < -0.4 is 5.73 Å². The molecule has 0 aliphatic heterocycles. The van der Waals surface area contributed by atoms with E-state index >= 15 is 0 Å². The molecule has 0 saturated carbocycles. The van der Waals surface area contributed by atoms with Crippen LogP contribution in [0.3, 0.4) is 0 Å². The van der Waals surface area contributed by atoms with E-state index in [9.17, 15) is 0 Å². The van der Waals surface area contributed by atoms with Gasteiger partial charge in [-0.2, -0.15) is 0 Å². The summed E-state index contributed by atoms with van der Waals surface area (Å²) in [4.78, 5) is 0. The predicted octanol–water partition coefficient (Wildman–Crippen LogP) is 2.30. The van der Waals surface area contributed by atoms with Crippen molar-refractivity contribution in [3.8, 4) is 12.3 Å². The number of hydrogen-bond acceptors (Lipinski definition) is 1. The molecule has 0 aliphatic rings. The molecule has 0 unspecified atom stereocenters. The maximum Gasteiger partial charge on any atom is 0.0272 e. The topological polar surface area (TPSA) is 26.0 Å². The van der Waals surface area contributed by atoms with Crippen LogP contribution in [0.25, 0.3) is 5.57 Å². The lowest BCUT2D eigenvalue weighted by molar-refractivity contribution is 1.40. The summed E-state index contributed by atoms with van der Waals surface area (Å²) >= 11 is 0. The van der Waals surface area contributed by atoms with Crippen molar-refractivity contribution in [2.75, 3.05) is 0 Å². The van der Waals surface area contributed by atoms with Gasteiger partial charge in [0, 0.05) is 5.56 Å². The van der Waals surface area contributed by atoms with Crippen molar-refractivity contribution in [1.29, 1.82) is 0 Å². The molecule has 1 nitrogen and oxygen atoms in total. The number of allylic oxidation sites excluding steroid dienone is 1. The van der Waals surface area contributed by atoms with Crippen molar-refractivity contribution in [2.45, 2.75) is 13.8 Å². The highest BCUT2D eigenvalue weighted by Gasteiger charge is 1.98. The number of benzene rings is 1. The van der Waals surface area contributed by atoms with E-state index in [4.69, 9.17) is 12.2 Å². The lowest BCUT2D eigenvalue weighted by Gasteiger charge is -2.03. The molecule has 0 saturated heterocycles. The lowest BCUT2D eigenvalue weighted by atomic mass is 10.0. The maximum atomic E-state index is 5.42. The lowest BCUT2D eigenvalue weighted by Crippen LogP contribution is -1.88. The van der Waals surface area contributed by atoms with Gasteiger partial charge in [0.25, 0.3) is 0 Å². The van der Waals surface area contributed by atoms with Gasteiger partial charge in [-0.25, -0.2) is 0 Å². The summed E-state index contributed by atoms with van der Waals surface area (Å²) in [5, 5.41) is 0. The number of terminal acetylenes is 1. The van der Waals surface area contributed by atoms with Gasteiger partial charge >= 0.3 is 0 Å². The largest absolute Gasteiger partial charge is 0.404 e. The van der Waals surface area contributed by atoms with Gasteiger partial charge in [0.2, 0.25) is 0 Å². The molecule has 1 aromatic rings. The molecule has 0 bridgehead atoms. The second kappa shape index (κ2) is 3.82. The Hall–Kier alpha value is -1.68. The molecule has 1 heteroatoms. The second-order valence-electron chi connectivity index (χ2n) is 3.02. The van der Waals surface area contributed by atoms with Crippen LogP contribution in [0.15, 0.2) is 24.4 Å². The number of hydrogen-bond donors (Lipinski definition) is 1. The zero-order chi connectivity index (χ0) is 9.84. The second-order valence-corrected chi connectivity index (χ2v) is 3.02. The first kappa shape index (κ1) is 9.41. The molecule has 0 radical (unpaired) electrons. The van der Waals surface area contributed by atoms with Gasteiger partial charge in [-0.3, -0.25) is 0 Å². The van der Waals surface area contributed by atoms with Crippen LogP contribution in [0, 0.1) is 19.3 Å². The van der Waals surface area contributed by atoms with Gasteiger partial charge in [-0.1, -0.05) is 18.1 Å². The zero-order valence-corrected chi connectivity index (χ0v) is 7.96. The Labute approximate surface area is 79.3 Å². The molecular weight excluding hydrogens is 158 g/mol. The first-order chi connectivity index (χ1) is 6.19. The highest BCUT2D eigenvalue weighted by Crippen LogP contribution is 2.16. The predicted molar refractivity (Wildman–Crippen MR) is 57.0 cm³/mol. The number of rotatable bonds is 1. The van der Waals surface area contributed by atoms with Gasteiger partial charge < -0.3 is 5.73 Å². The van der Waals surface area contributed by atoms with Crippen LogP contribution in [-0.4, -0.2) is 0 Å². The molecule has 1 aromatic carbocycles. The summed E-state index contributed by atoms with van der Waals surface area (Å²) in [6, 6.07) is 5.98. The molecular formula is C12H13N. The van der Waals surface area contributed by atoms with E-state index < -0.39 is 0 Å². The Kier molecular flexibility index (Phi) is 2.76. The Morgan fingerprint density at radius 2 is 2.23 bits per heavy atom. The number of nitrogens with two attached hydrogens (primary N) is 1. The molecule has 13 heavy (non-hydrogen) atoms. The van der Waals surface area contributed by atoms with Crippen LogP contribution in [0.2, 0.25) is 0 Å². The SMILES string of the molecule is C#Cc1ccc(/C(C)=C/N)cc1C. The van der Waals surface area contributed by atoms with Crippen LogP contribution in [0.5, 0.6) is 0 Å². The van der Waals surface area contributed by atoms with Gasteiger partial charge in [-0.05, 0) is 42.8 Å². The summed E-state index contributed by atoms with van der Waals surface area (Å²) in [7, 11) is 0. The molecule has 0 amide bonds. The van der Waals surface area contributed by atoms with Crippen LogP contribution in [-0.2, 0) is 0 Å². The molecule has 0 aliphatic carbocycles. The fraction of sp³-hybridized carbons (Fsp3) is 0.167. The van der Waals surface area contributed by atoms with Gasteiger partial charge in [0.1, 0.15) is 0 Å². The molecule has 66 valence electrons. The standard InChI is InChI=1S/C12H13N/c1-4-11-5-6-12(7-9(11)2)10(3)8-13/h1,5-8H,13H2,2-3H3/b10-8+. The Balaban J connectivity index is 3.19. The summed E-state index contributed by atoms with van der Waals surface area (Å²) in [6.07, 6.45) is 6.92. The van der Waals surface area contributed by atoms with Crippen LogP contribution in [0.4, 0.5) is 0 Å². The monoisotopic (exact) mass is 171 g/mol. The van der Waals surface area contributed by atoms with E-state index in [2.05, 4.69) is 5.92 Å². The van der Waals surface area contributed by atoms with E-state index in [0.717, 1.165) is 22.3 Å². The molecule has 0 aromatic heterocycles. The third-order valence-electron chi connectivity index (χ3n) is 2.09. The minimum Gasteiger partial charge on any atom is -0.404 e. The van der Waals surface area contributed by atoms with E-state index in [-0.39, 0.29) is 0 Å². The summed E-state index contributed by atoms with van der Waals surface area (Å²) in [5.74, 6) is 2.63. The van der Waals surface area contributed by atoms with Crippen molar-refractivity contribution in [2.24, 2.45) is 5.73 Å². The average Bonchev–Trinajstić information content (AvgIpc) is 2.16. The van der Waals surface area contributed by atoms with Crippen molar-refractivity contribution in [3.05, 3.63) is 41.1 Å². The fourth-order valence-electron chi connectivity index (χ4n) is 1.17. The number of aryl methyl sites for hydroxylation is 1. The van der Waals surface area contributed by atoms with Gasteiger partial charge in [0.05, 0.1) is 0 Å². The minimum absolute atomic E-state index is 0.938.